The molecular weight excluding hydrogens is 260 g/mol. The van der Waals surface area contributed by atoms with Crippen LogP contribution in [0.3, 0.4) is 0 Å². The summed E-state index contributed by atoms with van der Waals surface area (Å²) in [6.07, 6.45) is 3.83. The van der Waals surface area contributed by atoms with Crippen LogP contribution in [0, 0.1) is 10.1 Å². The summed E-state index contributed by atoms with van der Waals surface area (Å²) in [7, 11) is 0. The van der Waals surface area contributed by atoms with E-state index < -0.39 is 4.92 Å². The first-order chi connectivity index (χ1) is 9.65. The number of nitro benzene ring substituents is 1. The van der Waals surface area contributed by atoms with Crippen LogP contribution in [0.1, 0.15) is 11.3 Å². The maximum atomic E-state index is 11.9. The Bertz CT molecular complexity index is 938. The SMILES string of the molecule is O=c1[nH]c2c(n3ccnc13)Cc1cc([N+](=O)[O-])ccc1-2. The number of hydrogen-bond acceptors (Lipinski definition) is 4. The van der Waals surface area contributed by atoms with Gasteiger partial charge in [0.15, 0.2) is 0 Å². The van der Waals surface area contributed by atoms with Crippen LogP contribution in [0.5, 0.6) is 0 Å². The lowest BCUT2D eigenvalue weighted by Gasteiger charge is -2.03. The third-order valence-corrected chi connectivity index (χ3v) is 3.59. The van der Waals surface area contributed by atoms with Crippen molar-refractivity contribution in [1.29, 1.82) is 0 Å². The molecule has 0 saturated carbocycles. The van der Waals surface area contributed by atoms with Crippen LogP contribution in [0.4, 0.5) is 5.69 Å². The summed E-state index contributed by atoms with van der Waals surface area (Å²) in [5.41, 5.74) is 3.41. The number of fused-ring (bicyclic) bond motifs is 5. The average Bonchev–Trinajstić information content (AvgIpc) is 3.02. The van der Waals surface area contributed by atoms with E-state index in [0.29, 0.717) is 17.8 Å². The summed E-state index contributed by atoms with van der Waals surface area (Å²) < 4.78 is 1.74. The van der Waals surface area contributed by atoms with Gasteiger partial charge in [-0.2, -0.15) is 0 Å². The van der Waals surface area contributed by atoms with E-state index in [4.69, 9.17) is 0 Å². The number of nitro groups is 1. The highest BCUT2D eigenvalue weighted by Crippen LogP contribution is 2.36. The Balaban J connectivity index is 2.03. The minimum Gasteiger partial charge on any atom is -0.317 e. The zero-order valence-corrected chi connectivity index (χ0v) is 10.2. The number of nitrogens with zero attached hydrogens (tertiary/aromatic N) is 3. The fraction of sp³-hybridized carbons (Fsp3) is 0.0769. The monoisotopic (exact) mass is 268 g/mol. The molecule has 1 aliphatic rings. The fourth-order valence-corrected chi connectivity index (χ4v) is 2.71. The number of benzene rings is 1. The lowest BCUT2D eigenvalue weighted by molar-refractivity contribution is -0.384. The minimum atomic E-state index is -0.418. The largest absolute Gasteiger partial charge is 0.317 e. The molecule has 1 N–H and O–H groups in total. The number of rotatable bonds is 1. The van der Waals surface area contributed by atoms with Crippen molar-refractivity contribution < 1.29 is 4.92 Å². The van der Waals surface area contributed by atoms with Gasteiger partial charge in [0, 0.05) is 36.5 Å². The van der Waals surface area contributed by atoms with Gasteiger partial charge in [0.1, 0.15) is 0 Å². The van der Waals surface area contributed by atoms with Gasteiger partial charge in [0.25, 0.3) is 11.2 Å². The third kappa shape index (κ3) is 1.28. The van der Waals surface area contributed by atoms with Gasteiger partial charge in [-0.3, -0.25) is 19.3 Å². The lowest BCUT2D eigenvalue weighted by atomic mass is 10.1. The Morgan fingerprint density at radius 2 is 2.25 bits per heavy atom. The Morgan fingerprint density at radius 1 is 1.40 bits per heavy atom. The maximum Gasteiger partial charge on any atom is 0.292 e. The molecule has 1 aromatic carbocycles. The van der Waals surface area contributed by atoms with Gasteiger partial charge >= 0.3 is 0 Å². The van der Waals surface area contributed by atoms with E-state index in [1.165, 1.54) is 6.07 Å². The summed E-state index contributed by atoms with van der Waals surface area (Å²) >= 11 is 0. The van der Waals surface area contributed by atoms with Crippen molar-refractivity contribution in [3.8, 4) is 11.3 Å². The molecule has 2 aromatic heterocycles. The van der Waals surface area contributed by atoms with E-state index in [1.807, 2.05) is 0 Å². The minimum absolute atomic E-state index is 0.0563. The quantitative estimate of drug-likeness (QED) is 0.418. The molecule has 2 heterocycles. The Morgan fingerprint density at radius 3 is 3.05 bits per heavy atom. The highest BCUT2D eigenvalue weighted by atomic mass is 16.6. The predicted octanol–water partition coefficient (Wildman–Crippen LogP) is 1.50. The fourth-order valence-electron chi connectivity index (χ4n) is 2.71. The Kier molecular flexibility index (Phi) is 1.93. The lowest BCUT2D eigenvalue weighted by Crippen LogP contribution is -2.13. The van der Waals surface area contributed by atoms with E-state index in [-0.39, 0.29) is 11.2 Å². The number of aromatic amines is 1. The number of imidazole rings is 1. The molecule has 1 aliphatic carbocycles. The molecule has 0 saturated heterocycles. The van der Waals surface area contributed by atoms with Gasteiger partial charge in [0.2, 0.25) is 5.65 Å². The summed E-state index contributed by atoms with van der Waals surface area (Å²) in [6.45, 7) is 0. The van der Waals surface area contributed by atoms with Crippen molar-refractivity contribution >= 4 is 11.3 Å². The smallest absolute Gasteiger partial charge is 0.292 e. The van der Waals surface area contributed by atoms with Crippen molar-refractivity contribution in [1.82, 2.24) is 14.4 Å². The first-order valence-corrected chi connectivity index (χ1v) is 6.01. The van der Waals surface area contributed by atoms with Crippen molar-refractivity contribution in [2.45, 2.75) is 6.42 Å². The van der Waals surface area contributed by atoms with E-state index in [2.05, 4.69) is 9.97 Å². The van der Waals surface area contributed by atoms with Gasteiger partial charge in [-0.25, -0.2) is 4.98 Å². The molecule has 0 amide bonds. The van der Waals surface area contributed by atoms with Gasteiger partial charge in [0.05, 0.1) is 16.3 Å². The van der Waals surface area contributed by atoms with Crippen LogP contribution in [0.2, 0.25) is 0 Å². The second-order valence-corrected chi connectivity index (χ2v) is 4.67. The molecule has 0 radical (unpaired) electrons. The van der Waals surface area contributed by atoms with Crippen LogP contribution in [-0.4, -0.2) is 19.3 Å². The van der Waals surface area contributed by atoms with Gasteiger partial charge in [-0.15, -0.1) is 0 Å². The number of non-ortho nitro benzene ring substituents is 1. The maximum absolute atomic E-state index is 11.9. The normalized spacial score (nSPS) is 12.4. The van der Waals surface area contributed by atoms with Crippen molar-refractivity contribution in [2.24, 2.45) is 0 Å². The Labute approximate surface area is 111 Å². The van der Waals surface area contributed by atoms with E-state index in [0.717, 1.165) is 16.8 Å². The molecular formula is C13H8N4O3. The number of nitrogens with one attached hydrogen (secondary N) is 1. The zero-order valence-electron chi connectivity index (χ0n) is 10.2. The molecule has 4 rings (SSSR count). The van der Waals surface area contributed by atoms with Crippen LogP contribution in [0.25, 0.3) is 16.9 Å². The third-order valence-electron chi connectivity index (χ3n) is 3.59. The topological polar surface area (TPSA) is 93.3 Å². The highest BCUT2D eigenvalue weighted by Gasteiger charge is 2.25. The molecule has 3 aromatic rings. The molecule has 0 fully saturated rings. The standard InChI is InChI=1S/C13H8N4O3/c18-13-12-14-3-4-16(12)10-6-7-5-8(17(19)20)1-2-9(7)11(10)15-13/h1-5H,6H2,(H,15,18). The molecule has 20 heavy (non-hydrogen) atoms. The van der Waals surface area contributed by atoms with Crippen molar-refractivity contribution in [2.75, 3.05) is 0 Å². The molecule has 0 unspecified atom stereocenters. The molecule has 0 aliphatic heterocycles. The summed E-state index contributed by atoms with van der Waals surface area (Å²) in [6, 6.07) is 4.68. The summed E-state index contributed by atoms with van der Waals surface area (Å²) in [5, 5.41) is 10.8. The van der Waals surface area contributed by atoms with Gasteiger partial charge in [-0.1, -0.05) is 0 Å². The van der Waals surface area contributed by atoms with Crippen LogP contribution >= 0.6 is 0 Å². The van der Waals surface area contributed by atoms with E-state index >= 15 is 0 Å². The number of hydrogen-bond donors (Lipinski definition) is 1. The highest BCUT2D eigenvalue weighted by molar-refractivity contribution is 5.74. The van der Waals surface area contributed by atoms with Crippen LogP contribution in [0.15, 0.2) is 35.4 Å². The number of aromatic nitrogens is 3. The molecule has 7 nitrogen and oxygen atoms in total. The molecule has 0 bridgehead atoms. The molecule has 7 heteroatoms. The molecule has 98 valence electrons. The predicted molar refractivity (Wildman–Crippen MR) is 70.7 cm³/mol. The first-order valence-electron chi connectivity index (χ1n) is 6.01. The molecule has 0 spiro atoms. The van der Waals surface area contributed by atoms with Crippen molar-refractivity contribution in [3.05, 3.63) is 62.3 Å². The van der Waals surface area contributed by atoms with Gasteiger partial charge in [-0.05, 0) is 11.6 Å². The summed E-state index contributed by atoms with van der Waals surface area (Å²) in [4.78, 5) is 29.2. The first kappa shape index (κ1) is 10.9. The summed E-state index contributed by atoms with van der Waals surface area (Å²) in [5.74, 6) is 0. The number of H-pyrrole nitrogens is 1. The van der Waals surface area contributed by atoms with Crippen LogP contribution < -0.4 is 5.56 Å². The second kappa shape index (κ2) is 3.53. The average molecular weight is 268 g/mol. The Hall–Kier alpha value is -2.96. The van der Waals surface area contributed by atoms with Crippen molar-refractivity contribution in [3.63, 3.8) is 0 Å². The van der Waals surface area contributed by atoms with Crippen LogP contribution in [-0.2, 0) is 6.42 Å². The second-order valence-electron chi connectivity index (χ2n) is 4.67. The van der Waals surface area contributed by atoms with E-state index in [1.54, 1.807) is 28.9 Å². The van der Waals surface area contributed by atoms with Gasteiger partial charge < -0.3 is 4.98 Å². The van der Waals surface area contributed by atoms with E-state index in [9.17, 15) is 14.9 Å². The zero-order chi connectivity index (χ0) is 13.9. The molecule has 0 atom stereocenters.